The number of carbonyl (C=O) groups is 3. The van der Waals surface area contributed by atoms with Crippen LogP contribution >= 0.6 is 0 Å². The zero-order chi connectivity index (χ0) is 19.1. The molecule has 1 N–H and O–H groups in total. The van der Waals surface area contributed by atoms with Crippen LogP contribution in [-0.4, -0.2) is 46.2 Å². The molecule has 1 aromatic heterocycles. The van der Waals surface area contributed by atoms with E-state index >= 15 is 0 Å². The van der Waals surface area contributed by atoms with Gasteiger partial charge in [-0.3, -0.25) is 14.4 Å². The van der Waals surface area contributed by atoms with Crippen LogP contribution in [0.1, 0.15) is 32.3 Å². The van der Waals surface area contributed by atoms with Gasteiger partial charge in [-0.25, -0.2) is 0 Å². The fourth-order valence-electron chi connectivity index (χ4n) is 4.77. The standard InChI is InChI=1S/C21H24N2O4/c1-12(27-13(2)24)17-7-14-8-19(25)21(17)23(11-14)20(26)9-15-10-22-18-6-4-3-5-16(15)18/h3-6,10,12,14,17,21-22H,7-9,11H2,1-2H3/t12?,14-,17-,21?/m0/s1. The molecule has 0 radical (unpaired) electrons. The lowest BCUT2D eigenvalue weighted by molar-refractivity contribution is -0.163. The molecule has 1 aliphatic carbocycles. The summed E-state index contributed by atoms with van der Waals surface area (Å²) in [7, 11) is 0. The average Bonchev–Trinajstić information content (AvgIpc) is 3.03. The third-order valence-corrected chi connectivity index (χ3v) is 5.91. The highest BCUT2D eigenvalue weighted by Crippen LogP contribution is 2.40. The molecule has 1 amide bonds. The number of esters is 1. The molecular formula is C21H24N2O4. The summed E-state index contributed by atoms with van der Waals surface area (Å²) in [6.07, 6.45) is 3.09. The Morgan fingerprint density at radius 2 is 2.11 bits per heavy atom. The number of nitrogens with one attached hydrogen (secondary N) is 1. The second-order valence-corrected chi connectivity index (χ2v) is 7.78. The van der Waals surface area contributed by atoms with Gasteiger partial charge in [0.25, 0.3) is 0 Å². The second-order valence-electron chi connectivity index (χ2n) is 7.78. The highest BCUT2D eigenvalue weighted by Gasteiger charge is 2.50. The highest BCUT2D eigenvalue weighted by molar-refractivity contribution is 5.94. The molecule has 3 heterocycles. The van der Waals surface area contributed by atoms with Crippen LogP contribution in [0.4, 0.5) is 0 Å². The number of ketones is 1. The quantitative estimate of drug-likeness (QED) is 0.841. The Morgan fingerprint density at radius 1 is 1.33 bits per heavy atom. The molecule has 1 saturated carbocycles. The topological polar surface area (TPSA) is 79.5 Å². The van der Waals surface area contributed by atoms with Crippen molar-refractivity contribution >= 4 is 28.6 Å². The number of amides is 1. The molecule has 6 heteroatoms. The van der Waals surface area contributed by atoms with Crippen molar-refractivity contribution in [3.05, 3.63) is 36.0 Å². The molecule has 2 aromatic rings. The Balaban J connectivity index is 1.56. The van der Waals surface area contributed by atoms with E-state index in [9.17, 15) is 14.4 Å². The molecule has 2 saturated heterocycles. The van der Waals surface area contributed by atoms with Crippen molar-refractivity contribution in [2.75, 3.05) is 6.54 Å². The van der Waals surface area contributed by atoms with E-state index in [-0.39, 0.29) is 42.0 Å². The first-order chi connectivity index (χ1) is 12.9. The number of benzene rings is 1. The molecule has 2 bridgehead atoms. The maximum Gasteiger partial charge on any atom is 0.302 e. The van der Waals surface area contributed by atoms with Crippen LogP contribution in [0.5, 0.6) is 0 Å². The Bertz CT molecular complexity index is 902. The second kappa shape index (κ2) is 6.83. The van der Waals surface area contributed by atoms with Gasteiger partial charge in [0.1, 0.15) is 6.10 Å². The fraction of sp³-hybridized carbons (Fsp3) is 0.476. The summed E-state index contributed by atoms with van der Waals surface area (Å²) in [6.45, 7) is 3.81. The first-order valence-corrected chi connectivity index (χ1v) is 9.48. The summed E-state index contributed by atoms with van der Waals surface area (Å²) in [6, 6.07) is 7.39. The van der Waals surface area contributed by atoms with E-state index in [0.29, 0.717) is 13.0 Å². The molecule has 1 aromatic carbocycles. The third-order valence-electron chi connectivity index (χ3n) is 5.91. The molecule has 142 valence electrons. The normalized spacial score (nSPS) is 25.6. The Morgan fingerprint density at radius 3 is 2.85 bits per heavy atom. The number of H-pyrrole nitrogens is 1. The molecule has 5 rings (SSSR count). The van der Waals surface area contributed by atoms with E-state index in [1.807, 2.05) is 37.4 Å². The molecule has 3 fully saturated rings. The highest BCUT2D eigenvalue weighted by atomic mass is 16.5. The number of rotatable bonds is 4. The molecule has 4 atom stereocenters. The molecule has 2 unspecified atom stereocenters. The lowest BCUT2D eigenvalue weighted by Gasteiger charge is -2.50. The minimum Gasteiger partial charge on any atom is -0.462 e. The number of ether oxygens (including phenoxy) is 1. The van der Waals surface area contributed by atoms with Gasteiger partial charge in [-0.05, 0) is 30.9 Å². The van der Waals surface area contributed by atoms with E-state index in [1.54, 1.807) is 4.90 Å². The van der Waals surface area contributed by atoms with Crippen molar-refractivity contribution in [1.29, 1.82) is 0 Å². The van der Waals surface area contributed by atoms with Gasteiger partial charge < -0.3 is 14.6 Å². The number of aromatic amines is 1. The molecule has 6 nitrogen and oxygen atoms in total. The fourth-order valence-corrected chi connectivity index (χ4v) is 4.77. The van der Waals surface area contributed by atoms with Gasteiger partial charge >= 0.3 is 5.97 Å². The molecule has 3 aliphatic rings. The number of para-hydroxylation sites is 1. The number of aromatic nitrogens is 1. The zero-order valence-electron chi connectivity index (χ0n) is 15.6. The third kappa shape index (κ3) is 3.24. The van der Waals surface area contributed by atoms with Gasteiger partial charge in [0, 0.05) is 42.9 Å². The smallest absolute Gasteiger partial charge is 0.302 e. The van der Waals surface area contributed by atoms with Gasteiger partial charge in [-0.1, -0.05) is 18.2 Å². The number of nitrogens with zero attached hydrogens (tertiary/aromatic N) is 1. The number of hydrogen-bond donors (Lipinski definition) is 1. The first-order valence-electron chi connectivity index (χ1n) is 9.48. The van der Waals surface area contributed by atoms with Gasteiger partial charge in [0.15, 0.2) is 5.78 Å². The lowest BCUT2D eigenvalue weighted by atomic mass is 9.70. The van der Waals surface area contributed by atoms with Crippen molar-refractivity contribution in [1.82, 2.24) is 9.88 Å². The van der Waals surface area contributed by atoms with E-state index in [4.69, 9.17) is 4.74 Å². The van der Waals surface area contributed by atoms with E-state index in [1.165, 1.54) is 6.92 Å². The molecule has 0 spiro atoms. The minimum absolute atomic E-state index is 0.0393. The van der Waals surface area contributed by atoms with Gasteiger partial charge in [0.2, 0.25) is 5.91 Å². The lowest BCUT2D eigenvalue weighted by Crippen LogP contribution is -2.62. The van der Waals surface area contributed by atoms with Crippen LogP contribution in [0.3, 0.4) is 0 Å². The van der Waals surface area contributed by atoms with Gasteiger partial charge in [-0.2, -0.15) is 0 Å². The maximum atomic E-state index is 13.1. The van der Waals surface area contributed by atoms with Crippen molar-refractivity contribution in [3.8, 4) is 0 Å². The van der Waals surface area contributed by atoms with E-state index in [2.05, 4.69) is 4.98 Å². The minimum atomic E-state index is -0.484. The summed E-state index contributed by atoms with van der Waals surface area (Å²) in [5.41, 5.74) is 1.94. The molecule has 2 aliphatic heterocycles. The number of fused-ring (bicyclic) bond motifs is 4. The Kier molecular flexibility index (Phi) is 4.50. The van der Waals surface area contributed by atoms with Crippen molar-refractivity contribution in [2.45, 2.75) is 45.3 Å². The number of piperidine rings is 2. The van der Waals surface area contributed by atoms with Crippen molar-refractivity contribution in [2.24, 2.45) is 11.8 Å². The summed E-state index contributed by atoms with van der Waals surface area (Å²) < 4.78 is 5.35. The summed E-state index contributed by atoms with van der Waals surface area (Å²) in [5.74, 6) is -0.275. The van der Waals surface area contributed by atoms with Crippen LogP contribution in [0, 0.1) is 11.8 Å². The van der Waals surface area contributed by atoms with Crippen LogP contribution < -0.4 is 0 Å². The zero-order valence-corrected chi connectivity index (χ0v) is 15.6. The SMILES string of the molecule is CC(=O)OC(C)[C@@H]1C[C@H]2CC(=O)C1N(C(=O)Cc1c[nH]c3ccccc13)C2. The molecular weight excluding hydrogens is 344 g/mol. The van der Waals surface area contributed by atoms with Crippen LogP contribution in [-0.2, 0) is 25.5 Å². The number of Topliss-reactive ketones (excluding diaryl/α,β-unsaturated/α-hetero) is 1. The maximum absolute atomic E-state index is 13.1. The van der Waals surface area contributed by atoms with Crippen LogP contribution in [0.2, 0.25) is 0 Å². The predicted molar refractivity (Wildman–Crippen MR) is 100.0 cm³/mol. The van der Waals surface area contributed by atoms with Gasteiger partial charge in [0.05, 0.1) is 12.5 Å². The van der Waals surface area contributed by atoms with Crippen LogP contribution in [0.15, 0.2) is 30.5 Å². The Labute approximate surface area is 157 Å². The molecule has 27 heavy (non-hydrogen) atoms. The van der Waals surface area contributed by atoms with E-state index < -0.39 is 6.04 Å². The average molecular weight is 368 g/mol. The van der Waals surface area contributed by atoms with Gasteiger partial charge in [-0.15, -0.1) is 0 Å². The summed E-state index contributed by atoms with van der Waals surface area (Å²) in [4.78, 5) is 42.0. The largest absolute Gasteiger partial charge is 0.462 e. The number of hydrogen-bond acceptors (Lipinski definition) is 4. The van der Waals surface area contributed by atoms with E-state index in [0.717, 1.165) is 22.9 Å². The summed E-state index contributed by atoms with van der Waals surface area (Å²) >= 11 is 0. The first kappa shape index (κ1) is 17.8. The van der Waals surface area contributed by atoms with Crippen LogP contribution in [0.25, 0.3) is 10.9 Å². The van der Waals surface area contributed by atoms with Crippen molar-refractivity contribution in [3.63, 3.8) is 0 Å². The number of carbonyl (C=O) groups excluding carboxylic acids is 3. The van der Waals surface area contributed by atoms with Crippen molar-refractivity contribution < 1.29 is 19.1 Å². The monoisotopic (exact) mass is 368 g/mol. The summed E-state index contributed by atoms with van der Waals surface area (Å²) in [5, 5.41) is 1.03. The predicted octanol–water partition coefficient (Wildman–Crippen LogP) is 2.47. The Hall–Kier alpha value is -2.63.